The summed E-state index contributed by atoms with van der Waals surface area (Å²) in [5.74, 6) is -0.789. The molecule has 12 heteroatoms. The first kappa shape index (κ1) is 32.5. The molecule has 220 valence electrons. The lowest BCUT2D eigenvalue weighted by Crippen LogP contribution is -2.52. The SMILES string of the molecule is CCCNC(=O)[C@H](CC)N(Cc1ccc(Cl)cc1Cl)C(=O)CN(c1cc(Cl)ccc1OC)S(=O)(=O)c1ccccc1. The first-order valence-corrected chi connectivity index (χ1v) is 15.5. The van der Waals surface area contributed by atoms with Crippen molar-refractivity contribution in [1.82, 2.24) is 10.2 Å². The average Bonchev–Trinajstić information content (AvgIpc) is 2.96. The molecule has 3 aromatic carbocycles. The molecule has 3 aromatic rings. The molecule has 0 saturated carbocycles. The van der Waals surface area contributed by atoms with E-state index in [4.69, 9.17) is 39.5 Å². The van der Waals surface area contributed by atoms with Crippen LogP contribution in [0.2, 0.25) is 15.1 Å². The van der Waals surface area contributed by atoms with Gasteiger partial charge in [-0.1, -0.05) is 72.9 Å². The monoisotopic (exact) mass is 639 g/mol. The number of anilines is 1. The summed E-state index contributed by atoms with van der Waals surface area (Å²) in [4.78, 5) is 28.7. The molecule has 1 atom stereocenters. The van der Waals surface area contributed by atoms with Crippen LogP contribution < -0.4 is 14.4 Å². The van der Waals surface area contributed by atoms with Gasteiger partial charge in [0.25, 0.3) is 10.0 Å². The lowest BCUT2D eigenvalue weighted by atomic mass is 10.1. The van der Waals surface area contributed by atoms with Gasteiger partial charge in [-0.15, -0.1) is 0 Å². The van der Waals surface area contributed by atoms with Crippen molar-refractivity contribution in [2.24, 2.45) is 0 Å². The quantitative estimate of drug-likeness (QED) is 0.241. The van der Waals surface area contributed by atoms with Crippen molar-refractivity contribution in [2.45, 2.75) is 44.2 Å². The van der Waals surface area contributed by atoms with Gasteiger partial charge < -0.3 is 15.0 Å². The summed E-state index contributed by atoms with van der Waals surface area (Å²) in [5.41, 5.74) is 0.620. The Morgan fingerprint density at radius 1 is 0.951 bits per heavy atom. The maximum absolute atomic E-state index is 14.1. The number of carbonyl (C=O) groups is 2. The second kappa shape index (κ2) is 14.8. The molecule has 0 saturated heterocycles. The van der Waals surface area contributed by atoms with Crippen LogP contribution in [0.25, 0.3) is 0 Å². The number of sulfonamides is 1. The van der Waals surface area contributed by atoms with Crippen LogP contribution in [0.5, 0.6) is 5.75 Å². The lowest BCUT2D eigenvalue weighted by Gasteiger charge is -2.33. The molecule has 41 heavy (non-hydrogen) atoms. The van der Waals surface area contributed by atoms with E-state index in [0.29, 0.717) is 28.6 Å². The van der Waals surface area contributed by atoms with Crippen molar-refractivity contribution in [3.05, 3.63) is 87.4 Å². The lowest BCUT2D eigenvalue weighted by molar-refractivity contribution is -0.140. The third-order valence-electron chi connectivity index (χ3n) is 6.31. The van der Waals surface area contributed by atoms with E-state index in [-0.39, 0.29) is 40.2 Å². The Balaban J connectivity index is 2.13. The van der Waals surface area contributed by atoms with Gasteiger partial charge in [-0.05, 0) is 60.9 Å². The van der Waals surface area contributed by atoms with Crippen molar-refractivity contribution in [1.29, 1.82) is 0 Å². The molecule has 0 aliphatic rings. The van der Waals surface area contributed by atoms with Crippen LogP contribution in [0.15, 0.2) is 71.6 Å². The molecule has 0 bridgehead atoms. The van der Waals surface area contributed by atoms with Crippen molar-refractivity contribution >= 4 is 62.3 Å². The molecule has 0 aliphatic carbocycles. The minimum atomic E-state index is -4.28. The molecule has 0 fully saturated rings. The molecule has 0 spiro atoms. The summed E-state index contributed by atoms with van der Waals surface area (Å²) >= 11 is 18.8. The van der Waals surface area contributed by atoms with Gasteiger partial charge in [0.2, 0.25) is 11.8 Å². The minimum absolute atomic E-state index is 0.0325. The number of nitrogens with zero attached hydrogens (tertiary/aromatic N) is 2. The van der Waals surface area contributed by atoms with Crippen molar-refractivity contribution < 1.29 is 22.7 Å². The second-order valence-electron chi connectivity index (χ2n) is 9.11. The Hall–Kier alpha value is -2.98. The second-order valence-corrected chi connectivity index (χ2v) is 12.3. The van der Waals surface area contributed by atoms with E-state index in [1.807, 2.05) is 6.92 Å². The molecule has 1 N–H and O–H groups in total. The Morgan fingerprint density at radius 2 is 1.61 bits per heavy atom. The topological polar surface area (TPSA) is 96.0 Å². The number of methoxy groups -OCH3 is 1. The van der Waals surface area contributed by atoms with Gasteiger partial charge in [0, 0.05) is 28.2 Å². The van der Waals surface area contributed by atoms with E-state index in [9.17, 15) is 18.0 Å². The number of carbonyl (C=O) groups excluding carboxylic acids is 2. The van der Waals surface area contributed by atoms with Gasteiger partial charge in [-0.2, -0.15) is 0 Å². The molecule has 3 rings (SSSR count). The fourth-order valence-corrected chi connectivity index (χ4v) is 6.28. The summed E-state index contributed by atoms with van der Waals surface area (Å²) < 4.78 is 34.3. The fourth-order valence-electron chi connectivity index (χ4n) is 4.21. The highest BCUT2D eigenvalue weighted by molar-refractivity contribution is 7.92. The number of halogens is 3. The molecular weight excluding hydrogens is 609 g/mol. The number of ether oxygens (including phenoxy) is 1. The van der Waals surface area contributed by atoms with Gasteiger partial charge in [0.15, 0.2) is 0 Å². The van der Waals surface area contributed by atoms with Crippen LogP contribution >= 0.6 is 34.8 Å². The van der Waals surface area contributed by atoms with Crippen LogP contribution in [0.3, 0.4) is 0 Å². The molecule has 2 amide bonds. The van der Waals surface area contributed by atoms with E-state index in [1.54, 1.807) is 49.4 Å². The highest BCUT2D eigenvalue weighted by Gasteiger charge is 2.35. The van der Waals surface area contributed by atoms with Gasteiger partial charge in [0.05, 0.1) is 17.7 Å². The summed E-state index contributed by atoms with van der Waals surface area (Å²) in [6.07, 6.45) is 0.981. The molecule has 0 heterocycles. The Labute approximate surface area is 256 Å². The van der Waals surface area contributed by atoms with Crippen LogP contribution in [0, 0.1) is 0 Å². The molecule has 0 radical (unpaired) electrons. The third kappa shape index (κ3) is 8.07. The zero-order valence-corrected chi connectivity index (χ0v) is 26.0. The summed E-state index contributed by atoms with van der Waals surface area (Å²) in [6.45, 7) is 3.42. The molecule has 0 aliphatic heterocycles. The van der Waals surface area contributed by atoms with E-state index in [2.05, 4.69) is 5.32 Å². The number of amides is 2. The summed E-state index contributed by atoms with van der Waals surface area (Å²) in [5, 5.41) is 3.81. The van der Waals surface area contributed by atoms with E-state index < -0.39 is 28.5 Å². The fraction of sp³-hybridized carbons (Fsp3) is 0.310. The maximum Gasteiger partial charge on any atom is 0.264 e. The minimum Gasteiger partial charge on any atom is -0.495 e. The maximum atomic E-state index is 14.1. The van der Waals surface area contributed by atoms with Gasteiger partial charge in [-0.25, -0.2) is 8.42 Å². The highest BCUT2D eigenvalue weighted by Crippen LogP contribution is 2.35. The zero-order chi connectivity index (χ0) is 30.2. The Kier molecular flexibility index (Phi) is 11.7. The predicted octanol–water partition coefficient (Wildman–Crippen LogP) is 6.18. The van der Waals surface area contributed by atoms with Crippen molar-refractivity contribution in [3.63, 3.8) is 0 Å². The highest BCUT2D eigenvalue weighted by atomic mass is 35.5. The van der Waals surface area contributed by atoms with Crippen molar-refractivity contribution in [3.8, 4) is 5.75 Å². The van der Waals surface area contributed by atoms with Gasteiger partial charge >= 0.3 is 0 Å². The number of rotatable bonds is 13. The number of hydrogen-bond acceptors (Lipinski definition) is 5. The average molecular weight is 641 g/mol. The molecule has 0 unspecified atom stereocenters. The number of benzene rings is 3. The third-order valence-corrected chi connectivity index (χ3v) is 8.91. The molecule has 8 nitrogen and oxygen atoms in total. The first-order valence-electron chi connectivity index (χ1n) is 13.0. The van der Waals surface area contributed by atoms with E-state index in [1.165, 1.54) is 36.3 Å². The molecular formula is C29H32Cl3N3O5S. The van der Waals surface area contributed by atoms with Gasteiger partial charge in [-0.3, -0.25) is 13.9 Å². The summed E-state index contributed by atoms with van der Waals surface area (Å²) in [7, 11) is -2.89. The van der Waals surface area contributed by atoms with E-state index in [0.717, 1.165) is 4.31 Å². The first-order chi connectivity index (χ1) is 19.5. The van der Waals surface area contributed by atoms with Crippen LogP contribution in [-0.4, -0.2) is 51.4 Å². The van der Waals surface area contributed by atoms with Crippen LogP contribution in [0.4, 0.5) is 5.69 Å². The van der Waals surface area contributed by atoms with E-state index >= 15 is 0 Å². The zero-order valence-electron chi connectivity index (χ0n) is 22.9. The Bertz CT molecular complexity index is 1470. The predicted molar refractivity (Wildman–Crippen MR) is 163 cm³/mol. The van der Waals surface area contributed by atoms with Crippen LogP contribution in [0.1, 0.15) is 32.3 Å². The standard InChI is InChI=1S/C29H32Cl3N3O5S/c1-4-15-33-29(37)25(5-2)34(18-20-11-12-21(30)16-24(20)32)28(36)19-35(26-17-22(31)13-14-27(26)40-3)41(38,39)23-9-7-6-8-10-23/h6-14,16-17,25H,4-5,15,18-19H2,1-3H3,(H,33,37)/t25-/m0/s1. The number of nitrogens with one attached hydrogen (secondary N) is 1. The Morgan fingerprint density at radius 3 is 2.22 bits per heavy atom. The normalized spacial score (nSPS) is 12.0. The number of hydrogen-bond donors (Lipinski definition) is 1. The smallest absolute Gasteiger partial charge is 0.264 e. The molecule has 0 aromatic heterocycles. The van der Waals surface area contributed by atoms with Crippen LogP contribution in [-0.2, 0) is 26.2 Å². The van der Waals surface area contributed by atoms with Gasteiger partial charge in [0.1, 0.15) is 18.3 Å². The summed E-state index contributed by atoms with van der Waals surface area (Å²) in [6, 6.07) is 16.2. The largest absolute Gasteiger partial charge is 0.495 e. The van der Waals surface area contributed by atoms with Crippen molar-refractivity contribution in [2.75, 3.05) is 24.5 Å².